The maximum atomic E-state index is 12.7. The third kappa shape index (κ3) is 3.27. The van der Waals surface area contributed by atoms with Crippen molar-refractivity contribution >= 4 is 17.4 Å². The molecule has 0 aliphatic rings. The number of fused-ring (bicyclic) bond motifs is 1. The summed E-state index contributed by atoms with van der Waals surface area (Å²) >= 11 is 0. The first-order valence-corrected chi connectivity index (χ1v) is 8.60. The number of hydrogen-bond donors (Lipinski definition) is 2. The second kappa shape index (κ2) is 6.60. The van der Waals surface area contributed by atoms with Gasteiger partial charge >= 0.3 is 0 Å². The van der Waals surface area contributed by atoms with Crippen molar-refractivity contribution in [2.24, 2.45) is 0 Å². The van der Waals surface area contributed by atoms with Crippen LogP contribution in [0.1, 0.15) is 34.6 Å². The Balaban J connectivity index is 1.63. The SMILES string of the molecule is Cc1ccc(-c2nc3cc(C(=O)NC(C)c4ccccc4)cc(N)n3n2)o1. The van der Waals surface area contributed by atoms with E-state index in [9.17, 15) is 4.79 Å². The second-order valence-electron chi connectivity index (χ2n) is 6.39. The number of nitrogens with two attached hydrogens (primary N) is 1. The van der Waals surface area contributed by atoms with E-state index in [0.29, 0.717) is 28.6 Å². The van der Waals surface area contributed by atoms with E-state index in [0.717, 1.165) is 11.3 Å². The number of aryl methyl sites for hydroxylation is 1. The number of anilines is 1. The maximum Gasteiger partial charge on any atom is 0.252 e. The number of carbonyl (C=O) groups is 1. The van der Waals surface area contributed by atoms with Crippen LogP contribution in [0.3, 0.4) is 0 Å². The lowest BCUT2D eigenvalue weighted by atomic mass is 10.1. The molecule has 0 radical (unpaired) electrons. The summed E-state index contributed by atoms with van der Waals surface area (Å²) in [4.78, 5) is 17.1. The Hall–Kier alpha value is -3.61. The van der Waals surface area contributed by atoms with E-state index in [1.54, 1.807) is 18.2 Å². The van der Waals surface area contributed by atoms with Crippen molar-refractivity contribution in [3.05, 3.63) is 71.5 Å². The van der Waals surface area contributed by atoms with Crippen molar-refractivity contribution in [3.8, 4) is 11.6 Å². The number of nitrogen functional groups attached to an aromatic ring is 1. The normalized spacial score (nSPS) is 12.2. The Morgan fingerprint density at radius 2 is 1.96 bits per heavy atom. The molecule has 0 aliphatic carbocycles. The number of carbonyl (C=O) groups excluding carboxylic acids is 1. The van der Waals surface area contributed by atoms with Crippen LogP contribution in [0.2, 0.25) is 0 Å². The molecular formula is C20H19N5O2. The number of benzene rings is 1. The molecular weight excluding hydrogens is 342 g/mol. The first-order valence-electron chi connectivity index (χ1n) is 8.60. The monoisotopic (exact) mass is 361 g/mol. The molecule has 4 aromatic rings. The van der Waals surface area contributed by atoms with Gasteiger partial charge in [-0.1, -0.05) is 30.3 Å². The fourth-order valence-electron chi connectivity index (χ4n) is 2.90. The largest absolute Gasteiger partial charge is 0.458 e. The van der Waals surface area contributed by atoms with E-state index in [2.05, 4.69) is 15.4 Å². The molecule has 1 atom stereocenters. The second-order valence-corrected chi connectivity index (χ2v) is 6.39. The molecule has 1 aromatic carbocycles. The van der Waals surface area contributed by atoms with Gasteiger partial charge in [0.25, 0.3) is 5.91 Å². The van der Waals surface area contributed by atoms with Gasteiger partial charge in [0.15, 0.2) is 11.4 Å². The van der Waals surface area contributed by atoms with Gasteiger partial charge < -0.3 is 15.5 Å². The number of furan rings is 1. The van der Waals surface area contributed by atoms with Crippen molar-refractivity contribution in [2.75, 3.05) is 5.73 Å². The summed E-state index contributed by atoms with van der Waals surface area (Å²) in [5.74, 6) is 1.85. The summed E-state index contributed by atoms with van der Waals surface area (Å²) in [6, 6.07) is 16.5. The quantitative estimate of drug-likeness (QED) is 0.581. The molecule has 3 N–H and O–H groups in total. The van der Waals surface area contributed by atoms with Crippen LogP contribution in [0.15, 0.2) is 59.0 Å². The Morgan fingerprint density at radius 3 is 2.67 bits per heavy atom. The van der Waals surface area contributed by atoms with E-state index in [1.807, 2.05) is 50.2 Å². The van der Waals surface area contributed by atoms with Gasteiger partial charge in [0.05, 0.1) is 6.04 Å². The van der Waals surface area contributed by atoms with E-state index in [1.165, 1.54) is 4.52 Å². The Morgan fingerprint density at radius 1 is 1.19 bits per heavy atom. The zero-order valence-electron chi connectivity index (χ0n) is 15.0. The molecule has 0 fully saturated rings. The molecule has 7 heteroatoms. The summed E-state index contributed by atoms with van der Waals surface area (Å²) in [6.07, 6.45) is 0. The van der Waals surface area contributed by atoms with Crippen molar-refractivity contribution < 1.29 is 9.21 Å². The lowest BCUT2D eigenvalue weighted by Gasteiger charge is -2.14. The fraction of sp³-hybridized carbons (Fsp3) is 0.150. The summed E-state index contributed by atoms with van der Waals surface area (Å²) in [7, 11) is 0. The van der Waals surface area contributed by atoms with E-state index >= 15 is 0 Å². The van der Waals surface area contributed by atoms with Gasteiger partial charge in [0.2, 0.25) is 5.82 Å². The molecule has 3 aromatic heterocycles. The minimum Gasteiger partial charge on any atom is -0.458 e. The topological polar surface area (TPSA) is 98.5 Å². The third-order valence-electron chi connectivity index (χ3n) is 4.33. The molecule has 3 heterocycles. The fourth-order valence-corrected chi connectivity index (χ4v) is 2.90. The van der Waals surface area contributed by atoms with Crippen LogP contribution >= 0.6 is 0 Å². The molecule has 1 unspecified atom stereocenters. The van der Waals surface area contributed by atoms with Gasteiger partial charge in [0, 0.05) is 5.56 Å². The van der Waals surface area contributed by atoms with Crippen molar-refractivity contribution in [2.45, 2.75) is 19.9 Å². The molecule has 7 nitrogen and oxygen atoms in total. The van der Waals surface area contributed by atoms with E-state index in [4.69, 9.17) is 10.2 Å². The van der Waals surface area contributed by atoms with Crippen LogP contribution in [0.25, 0.3) is 17.2 Å². The Bertz CT molecular complexity index is 1110. The first kappa shape index (κ1) is 16.8. The predicted octanol–water partition coefficient (Wildman–Crippen LogP) is 3.37. The summed E-state index contributed by atoms with van der Waals surface area (Å²) in [6.45, 7) is 3.79. The number of nitrogens with one attached hydrogen (secondary N) is 1. The Labute approximate surface area is 155 Å². The highest BCUT2D eigenvalue weighted by Crippen LogP contribution is 2.21. The van der Waals surface area contributed by atoms with Gasteiger partial charge in [-0.3, -0.25) is 4.79 Å². The average Bonchev–Trinajstić information content (AvgIpc) is 3.28. The molecule has 0 spiro atoms. The molecule has 0 saturated carbocycles. The number of pyridine rings is 1. The minimum absolute atomic E-state index is 0.129. The van der Waals surface area contributed by atoms with Crippen LogP contribution in [-0.2, 0) is 0 Å². The summed E-state index contributed by atoms with van der Waals surface area (Å²) in [5, 5.41) is 7.34. The highest BCUT2D eigenvalue weighted by molar-refractivity contribution is 5.96. The van der Waals surface area contributed by atoms with Crippen LogP contribution < -0.4 is 11.1 Å². The molecule has 4 rings (SSSR count). The average molecular weight is 361 g/mol. The lowest BCUT2D eigenvalue weighted by Crippen LogP contribution is -2.26. The smallest absolute Gasteiger partial charge is 0.252 e. The van der Waals surface area contributed by atoms with Crippen LogP contribution in [0.4, 0.5) is 5.82 Å². The third-order valence-corrected chi connectivity index (χ3v) is 4.33. The van der Waals surface area contributed by atoms with Crippen LogP contribution in [-0.4, -0.2) is 20.5 Å². The molecule has 27 heavy (non-hydrogen) atoms. The minimum atomic E-state index is -0.223. The van der Waals surface area contributed by atoms with E-state index in [-0.39, 0.29) is 11.9 Å². The van der Waals surface area contributed by atoms with Crippen LogP contribution in [0, 0.1) is 6.92 Å². The molecule has 136 valence electrons. The zero-order valence-corrected chi connectivity index (χ0v) is 15.0. The van der Waals surface area contributed by atoms with Gasteiger partial charge in [-0.2, -0.15) is 4.52 Å². The highest BCUT2D eigenvalue weighted by Gasteiger charge is 2.16. The molecule has 0 bridgehead atoms. The number of nitrogens with zero attached hydrogens (tertiary/aromatic N) is 3. The molecule has 1 amide bonds. The van der Waals surface area contributed by atoms with Gasteiger partial charge in [-0.05, 0) is 43.7 Å². The van der Waals surface area contributed by atoms with Gasteiger partial charge in [-0.15, -0.1) is 5.10 Å². The number of aromatic nitrogens is 3. The van der Waals surface area contributed by atoms with Gasteiger partial charge in [-0.25, -0.2) is 4.98 Å². The van der Waals surface area contributed by atoms with Crippen molar-refractivity contribution in [1.82, 2.24) is 19.9 Å². The molecule has 0 saturated heterocycles. The van der Waals surface area contributed by atoms with Gasteiger partial charge in [0.1, 0.15) is 11.6 Å². The summed E-state index contributed by atoms with van der Waals surface area (Å²) < 4.78 is 7.05. The van der Waals surface area contributed by atoms with Crippen LogP contribution in [0.5, 0.6) is 0 Å². The predicted molar refractivity (Wildman–Crippen MR) is 102 cm³/mol. The highest BCUT2D eigenvalue weighted by atomic mass is 16.3. The zero-order chi connectivity index (χ0) is 19.0. The maximum absolute atomic E-state index is 12.7. The Kier molecular flexibility index (Phi) is 4.12. The molecule has 0 aliphatic heterocycles. The van der Waals surface area contributed by atoms with Crippen molar-refractivity contribution in [1.29, 1.82) is 0 Å². The lowest BCUT2D eigenvalue weighted by molar-refractivity contribution is 0.0940. The van der Waals surface area contributed by atoms with E-state index < -0.39 is 0 Å². The number of hydrogen-bond acceptors (Lipinski definition) is 5. The summed E-state index contributed by atoms with van der Waals surface area (Å²) in [5.41, 5.74) is 8.02. The standard InChI is InChI=1S/C20H19N5O2/c1-12-8-9-16(27-12)19-23-18-11-15(10-17(21)25(18)24-19)20(26)22-13(2)14-6-4-3-5-7-14/h3-11,13H,21H2,1-2H3,(H,22,26). The van der Waals surface area contributed by atoms with Crippen molar-refractivity contribution in [3.63, 3.8) is 0 Å². The number of rotatable bonds is 4. The first-order chi connectivity index (χ1) is 13.0. The number of amides is 1.